The number of nitrogens with zero attached hydrogens (tertiary/aromatic N) is 1. The summed E-state index contributed by atoms with van der Waals surface area (Å²) in [4.78, 5) is 35.5. The van der Waals surface area contributed by atoms with E-state index < -0.39 is 44.9 Å². The molecule has 0 aromatic rings. The zero-order chi connectivity index (χ0) is 19.7. The molecule has 2 aliphatic heterocycles. The summed E-state index contributed by atoms with van der Waals surface area (Å²) in [6.45, 7) is 3.08. The lowest BCUT2D eigenvalue weighted by atomic mass is 9.92. The lowest BCUT2D eigenvalue weighted by molar-refractivity contribution is -0.163. The van der Waals surface area contributed by atoms with Crippen molar-refractivity contribution in [3.8, 4) is 0 Å². The largest absolute Gasteiger partial charge is 0.508 e. The predicted octanol–water partition coefficient (Wildman–Crippen LogP) is 2.64. The fourth-order valence-electron chi connectivity index (χ4n) is 2.67. The Morgan fingerprint density at radius 1 is 1.46 bits per heavy atom. The van der Waals surface area contributed by atoms with Crippen LogP contribution in [0.2, 0.25) is 0 Å². The number of carbonyl (C=O) groups is 3. The Bertz CT molecular complexity index is 587. The number of amides is 1. The van der Waals surface area contributed by atoms with Crippen LogP contribution < -0.4 is 0 Å². The number of rotatable bonds is 7. The van der Waals surface area contributed by atoms with Crippen molar-refractivity contribution < 1.29 is 33.7 Å². The summed E-state index contributed by atoms with van der Waals surface area (Å²) >= 11 is 17.5. The molecule has 26 heavy (non-hydrogen) atoms. The predicted molar refractivity (Wildman–Crippen MR) is 95.4 cm³/mol. The van der Waals surface area contributed by atoms with Gasteiger partial charge >= 0.3 is 12.1 Å². The second kappa shape index (κ2) is 8.18. The molecule has 2 unspecified atom stereocenters. The van der Waals surface area contributed by atoms with Crippen molar-refractivity contribution in [2.24, 2.45) is 5.92 Å². The normalized spacial score (nSPS) is 29.0. The summed E-state index contributed by atoms with van der Waals surface area (Å²) in [5.41, 5.74) is 0. The molecule has 148 valence electrons. The third-order valence-electron chi connectivity index (χ3n) is 3.88. The molecule has 4 atom stereocenters. The molecule has 2 rings (SSSR count). The van der Waals surface area contributed by atoms with Crippen LogP contribution >= 0.6 is 46.6 Å². The lowest BCUT2D eigenvalue weighted by Crippen LogP contribution is -2.61. The number of carbonyl (C=O) groups excluding carboxylic acids is 2. The highest BCUT2D eigenvalue weighted by atomic mass is 35.6. The number of halogens is 3. The van der Waals surface area contributed by atoms with Crippen LogP contribution in [0.15, 0.2) is 0 Å². The van der Waals surface area contributed by atoms with Crippen LogP contribution in [0.4, 0.5) is 4.79 Å². The SMILES string of the molecule is CCCOC1(C(=O)O)CN2C(=O)[C@H](C(C)OC(=O)OCC(Cl)(Cl)Cl)[C@H]2S1. The minimum absolute atomic E-state index is 0.0581. The second-order valence-corrected chi connectivity index (χ2v) is 9.78. The number of hydrogen-bond acceptors (Lipinski definition) is 7. The molecule has 2 fully saturated rings. The van der Waals surface area contributed by atoms with Gasteiger partial charge in [-0.3, -0.25) is 4.79 Å². The molecule has 12 heteroatoms. The topological polar surface area (TPSA) is 102 Å². The summed E-state index contributed by atoms with van der Waals surface area (Å²) < 4.78 is 13.5. The highest BCUT2D eigenvalue weighted by molar-refractivity contribution is 8.02. The Kier molecular flexibility index (Phi) is 6.82. The molecule has 0 bridgehead atoms. The Morgan fingerprint density at radius 3 is 2.65 bits per heavy atom. The first-order valence-corrected chi connectivity index (χ1v) is 9.78. The van der Waals surface area contributed by atoms with Gasteiger partial charge in [-0.15, -0.1) is 0 Å². The Morgan fingerprint density at radius 2 is 2.12 bits per heavy atom. The van der Waals surface area contributed by atoms with Gasteiger partial charge in [-0.1, -0.05) is 53.5 Å². The number of hydrogen-bond donors (Lipinski definition) is 1. The van der Waals surface area contributed by atoms with Crippen molar-refractivity contribution in [3.63, 3.8) is 0 Å². The summed E-state index contributed by atoms with van der Waals surface area (Å²) in [6, 6.07) is 0. The van der Waals surface area contributed by atoms with Gasteiger partial charge in [0.2, 0.25) is 14.6 Å². The third-order valence-corrected chi connectivity index (χ3v) is 5.80. The number of β-lactam (4-membered cyclic amide) rings is 1. The standard InChI is InChI=1S/C14H18Cl3NO7S/c1-3-4-24-13(11(20)21)5-18-9(19)8(10(18)26-13)7(2)25-12(22)23-6-14(15,16)17/h7-8,10H,3-6H2,1-2H3,(H,20,21)/t7?,8-,10+,13?/m0/s1. The first-order chi connectivity index (χ1) is 12.0. The van der Waals surface area contributed by atoms with Crippen molar-refractivity contribution >= 4 is 64.6 Å². The highest BCUT2D eigenvalue weighted by Crippen LogP contribution is 2.51. The fourth-order valence-corrected chi connectivity index (χ4v) is 4.48. The zero-order valence-electron chi connectivity index (χ0n) is 13.9. The van der Waals surface area contributed by atoms with Crippen molar-refractivity contribution in [1.82, 2.24) is 4.90 Å². The van der Waals surface area contributed by atoms with E-state index in [-0.39, 0.29) is 19.1 Å². The molecule has 1 N–H and O–H groups in total. The Hall–Kier alpha value is -0.610. The van der Waals surface area contributed by atoms with Gasteiger partial charge in [0, 0.05) is 6.61 Å². The number of aliphatic carboxylic acids is 1. The minimum Gasteiger partial charge on any atom is -0.478 e. The van der Waals surface area contributed by atoms with Crippen LogP contribution in [-0.4, -0.2) is 68.0 Å². The van der Waals surface area contributed by atoms with E-state index in [4.69, 9.17) is 44.3 Å². The van der Waals surface area contributed by atoms with Crippen LogP contribution in [0.25, 0.3) is 0 Å². The maximum absolute atomic E-state index is 12.3. The summed E-state index contributed by atoms with van der Waals surface area (Å²) in [6.07, 6.45) is -1.27. The Balaban J connectivity index is 1.97. The summed E-state index contributed by atoms with van der Waals surface area (Å²) in [5, 5.41) is 9.06. The fraction of sp³-hybridized carbons (Fsp3) is 0.786. The molecule has 0 saturated carbocycles. The Labute approximate surface area is 169 Å². The summed E-state index contributed by atoms with van der Waals surface area (Å²) in [7, 11) is 0. The van der Waals surface area contributed by atoms with Gasteiger partial charge < -0.3 is 24.2 Å². The van der Waals surface area contributed by atoms with Gasteiger partial charge in [0.1, 0.15) is 18.6 Å². The number of alkyl halides is 3. The molecule has 0 spiro atoms. The average molecular weight is 451 g/mol. The molecule has 2 saturated heterocycles. The maximum atomic E-state index is 12.3. The van der Waals surface area contributed by atoms with E-state index in [0.29, 0.717) is 6.42 Å². The number of fused-ring (bicyclic) bond motifs is 1. The first kappa shape index (κ1) is 21.7. The van der Waals surface area contributed by atoms with Crippen LogP contribution in [0, 0.1) is 5.92 Å². The monoisotopic (exact) mass is 449 g/mol. The molecule has 2 heterocycles. The summed E-state index contributed by atoms with van der Waals surface area (Å²) in [5.74, 6) is -2.16. The van der Waals surface area contributed by atoms with Gasteiger partial charge in [0.15, 0.2) is 0 Å². The smallest absolute Gasteiger partial charge is 0.478 e. The first-order valence-electron chi connectivity index (χ1n) is 7.76. The molecule has 8 nitrogen and oxygen atoms in total. The second-order valence-electron chi connectivity index (χ2n) is 5.88. The number of thioether (sulfide) groups is 1. The van der Waals surface area contributed by atoms with E-state index in [1.165, 1.54) is 11.8 Å². The van der Waals surface area contributed by atoms with Crippen LogP contribution in [-0.2, 0) is 23.8 Å². The highest BCUT2D eigenvalue weighted by Gasteiger charge is 2.64. The molecule has 0 aliphatic carbocycles. The minimum atomic E-state index is -1.77. The number of ether oxygens (including phenoxy) is 3. The molecule has 0 radical (unpaired) electrons. The molecule has 2 aliphatic rings. The third kappa shape index (κ3) is 4.62. The average Bonchev–Trinajstić information content (AvgIpc) is 2.86. The van der Waals surface area contributed by atoms with E-state index in [9.17, 15) is 19.5 Å². The van der Waals surface area contributed by atoms with E-state index >= 15 is 0 Å². The lowest BCUT2D eigenvalue weighted by Gasteiger charge is -2.43. The van der Waals surface area contributed by atoms with Crippen molar-refractivity contribution in [3.05, 3.63) is 0 Å². The van der Waals surface area contributed by atoms with Gasteiger partial charge in [0.05, 0.1) is 11.9 Å². The van der Waals surface area contributed by atoms with E-state index in [0.717, 1.165) is 11.8 Å². The molecular weight excluding hydrogens is 433 g/mol. The van der Waals surface area contributed by atoms with E-state index in [1.54, 1.807) is 0 Å². The quantitative estimate of drug-likeness (QED) is 0.359. The van der Waals surface area contributed by atoms with Crippen LogP contribution in [0.1, 0.15) is 20.3 Å². The van der Waals surface area contributed by atoms with Gasteiger partial charge in [-0.25, -0.2) is 9.59 Å². The number of carboxylic acid groups (broad SMARTS) is 1. The van der Waals surface area contributed by atoms with Crippen molar-refractivity contribution in [2.45, 2.75) is 40.5 Å². The molecular formula is C14H18Cl3NO7S. The zero-order valence-corrected chi connectivity index (χ0v) is 17.0. The molecule has 0 aromatic carbocycles. The van der Waals surface area contributed by atoms with Gasteiger partial charge in [0.25, 0.3) is 0 Å². The van der Waals surface area contributed by atoms with Gasteiger partial charge in [-0.05, 0) is 13.3 Å². The van der Waals surface area contributed by atoms with Crippen molar-refractivity contribution in [2.75, 3.05) is 19.8 Å². The van der Waals surface area contributed by atoms with E-state index in [2.05, 4.69) is 4.74 Å². The van der Waals surface area contributed by atoms with E-state index in [1.807, 2.05) is 6.92 Å². The molecule has 1 amide bonds. The van der Waals surface area contributed by atoms with Gasteiger partial charge in [-0.2, -0.15) is 0 Å². The maximum Gasteiger partial charge on any atom is 0.508 e. The van der Waals surface area contributed by atoms with Crippen molar-refractivity contribution in [1.29, 1.82) is 0 Å². The van der Waals surface area contributed by atoms with Crippen LogP contribution in [0.5, 0.6) is 0 Å². The van der Waals surface area contributed by atoms with Crippen LogP contribution in [0.3, 0.4) is 0 Å². The number of carboxylic acids is 1. The molecule has 0 aromatic heterocycles.